The van der Waals surface area contributed by atoms with Crippen molar-refractivity contribution in [1.29, 1.82) is 0 Å². The maximum Gasteiger partial charge on any atom is 0.260 e. The Hall–Kier alpha value is -3.45. The highest BCUT2D eigenvalue weighted by Crippen LogP contribution is 2.44. The van der Waals surface area contributed by atoms with Crippen LogP contribution in [0.3, 0.4) is 0 Å². The number of nitrogens with one attached hydrogen (secondary N) is 1. The van der Waals surface area contributed by atoms with Crippen LogP contribution in [0.25, 0.3) is 6.08 Å². The van der Waals surface area contributed by atoms with Gasteiger partial charge in [0.05, 0.1) is 4.91 Å². The van der Waals surface area contributed by atoms with Crippen molar-refractivity contribution in [3.63, 3.8) is 0 Å². The Bertz CT molecular complexity index is 1280. The third-order valence-corrected chi connectivity index (χ3v) is 8.42. The molecule has 1 N–H and O–H groups in total. The Balaban J connectivity index is 1.34. The second kappa shape index (κ2) is 11.3. The summed E-state index contributed by atoms with van der Waals surface area (Å²) in [6, 6.07) is 22.0. The van der Waals surface area contributed by atoms with Gasteiger partial charge in [0, 0.05) is 30.3 Å². The van der Waals surface area contributed by atoms with Crippen molar-refractivity contribution in [3.05, 3.63) is 112 Å². The summed E-state index contributed by atoms with van der Waals surface area (Å²) in [5.74, 6) is -0.956. The first-order chi connectivity index (χ1) is 18.0. The predicted molar refractivity (Wildman–Crippen MR) is 142 cm³/mol. The molecule has 0 radical (unpaired) electrons. The molecule has 0 spiro atoms. The van der Waals surface area contributed by atoms with Crippen LogP contribution in [0.5, 0.6) is 0 Å². The standard InChI is InChI=1S/C30H28F2N2O2S/c31-24-11-6-21(7-12-24)18-33-29(35)23-10-15-27-26(17-23)34(19-22-8-13-25(32)14-9-22)30(36)28(37-27)16-20-4-2-1-3-5-20/h1-9,11-14,16,23,26-27H,10,15,17-19H2,(H,33,35)/b28-16-. The maximum absolute atomic E-state index is 13.7. The minimum absolute atomic E-state index is 0.0485. The van der Waals surface area contributed by atoms with Crippen molar-refractivity contribution in [2.24, 2.45) is 5.92 Å². The molecule has 3 aromatic rings. The molecule has 1 aliphatic heterocycles. The summed E-state index contributed by atoms with van der Waals surface area (Å²) in [4.78, 5) is 29.3. The summed E-state index contributed by atoms with van der Waals surface area (Å²) in [6.07, 6.45) is 4.05. The SMILES string of the molecule is O=C(NCc1ccc(F)cc1)C1CCC2S/C(=C\c3ccccc3)C(=O)N(Cc3ccc(F)cc3)C2C1. The van der Waals surface area contributed by atoms with Crippen LogP contribution in [-0.4, -0.2) is 28.0 Å². The van der Waals surface area contributed by atoms with Gasteiger partial charge in [0.15, 0.2) is 0 Å². The van der Waals surface area contributed by atoms with E-state index in [4.69, 9.17) is 0 Å². The maximum atomic E-state index is 13.7. The van der Waals surface area contributed by atoms with Crippen molar-refractivity contribution < 1.29 is 18.4 Å². The van der Waals surface area contributed by atoms with Gasteiger partial charge in [-0.05, 0) is 66.3 Å². The number of fused-ring (bicyclic) bond motifs is 1. The molecule has 0 bridgehead atoms. The molecule has 0 aromatic heterocycles. The van der Waals surface area contributed by atoms with Crippen LogP contribution in [0.2, 0.25) is 0 Å². The summed E-state index contributed by atoms with van der Waals surface area (Å²) in [6.45, 7) is 0.692. The zero-order chi connectivity index (χ0) is 25.8. The van der Waals surface area contributed by atoms with E-state index in [1.807, 2.05) is 41.3 Å². The lowest BCUT2D eigenvalue weighted by atomic mass is 9.83. The predicted octanol–water partition coefficient (Wildman–Crippen LogP) is 5.94. The van der Waals surface area contributed by atoms with Gasteiger partial charge < -0.3 is 10.2 Å². The van der Waals surface area contributed by atoms with Gasteiger partial charge in [-0.1, -0.05) is 54.6 Å². The monoisotopic (exact) mass is 518 g/mol. The van der Waals surface area contributed by atoms with Gasteiger partial charge in [-0.25, -0.2) is 8.78 Å². The van der Waals surface area contributed by atoms with E-state index in [0.29, 0.717) is 24.4 Å². The van der Waals surface area contributed by atoms with Gasteiger partial charge in [-0.15, -0.1) is 11.8 Å². The lowest BCUT2D eigenvalue weighted by Gasteiger charge is -2.46. The van der Waals surface area contributed by atoms with Gasteiger partial charge in [-0.2, -0.15) is 0 Å². The topological polar surface area (TPSA) is 49.4 Å². The molecule has 3 atom stereocenters. The highest BCUT2D eigenvalue weighted by molar-refractivity contribution is 8.04. The molecule has 1 aliphatic carbocycles. The number of hydrogen-bond acceptors (Lipinski definition) is 3. The van der Waals surface area contributed by atoms with E-state index >= 15 is 0 Å². The second-order valence-electron chi connectivity index (χ2n) is 9.56. The van der Waals surface area contributed by atoms with E-state index in [0.717, 1.165) is 29.5 Å². The number of amides is 2. The highest BCUT2D eigenvalue weighted by atomic mass is 32.2. The lowest BCUT2D eigenvalue weighted by Crippen LogP contribution is -2.53. The second-order valence-corrected chi connectivity index (χ2v) is 10.8. The average molecular weight is 519 g/mol. The molecule has 1 heterocycles. The van der Waals surface area contributed by atoms with E-state index in [9.17, 15) is 18.4 Å². The Morgan fingerprint density at radius 1 is 0.919 bits per heavy atom. The molecule has 190 valence electrons. The van der Waals surface area contributed by atoms with Crippen LogP contribution < -0.4 is 5.32 Å². The van der Waals surface area contributed by atoms with E-state index in [-0.39, 0.29) is 40.7 Å². The van der Waals surface area contributed by atoms with E-state index in [1.54, 1.807) is 36.0 Å². The summed E-state index contributed by atoms with van der Waals surface area (Å²) in [5.41, 5.74) is 2.65. The van der Waals surface area contributed by atoms with Gasteiger partial charge in [0.25, 0.3) is 5.91 Å². The normalized spacial score (nSPS) is 22.5. The molecule has 2 aliphatic rings. The number of hydrogen-bond donors (Lipinski definition) is 1. The number of benzene rings is 3. The molecule has 3 unspecified atom stereocenters. The summed E-state index contributed by atoms with van der Waals surface area (Å²) >= 11 is 1.60. The van der Waals surface area contributed by atoms with Crippen molar-refractivity contribution in [2.75, 3.05) is 0 Å². The number of carbonyl (C=O) groups is 2. The molecule has 4 nitrogen and oxygen atoms in total. The number of thioether (sulfide) groups is 1. The molecule has 1 saturated heterocycles. The molecule has 1 saturated carbocycles. The van der Waals surface area contributed by atoms with Crippen molar-refractivity contribution >= 4 is 29.7 Å². The van der Waals surface area contributed by atoms with Crippen LogP contribution in [0.15, 0.2) is 83.8 Å². The van der Waals surface area contributed by atoms with Crippen LogP contribution in [0.4, 0.5) is 8.78 Å². The number of carbonyl (C=O) groups excluding carboxylic acids is 2. The molecule has 5 rings (SSSR count). The van der Waals surface area contributed by atoms with Crippen LogP contribution in [0, 0.1) is 17.6 Å². The molecule has 37 heavy (non-hydrogen) atoms. The smallest absolute Gasteiger partial charge is 0.260 e. The molecule has 2 fully saturated rings. The van der Waals surface area contributed by atoms with Crippen LogP contribution in [-0.2, 0) is 22.7 Å². The lowest BCUT2D eigenvalue weighted by molar-refractivity contribution is -0.133. The van der Waals surface area contributed by atoms with Gasteiger partial charge in [0.1, 0.15) is 11.6 Å². The van der Waals surface area contributed by atoms with Crippen LogP contribution in [0.1, 0.15) is 36.0 Å². The van der Waals surface area contributed by atoms with Gasteiger partial charge in [0.2, 0.25) is 5.91 Å². The minimum atomic E-state index is -0.317. The van der Waals surface area contributed by atoms with Gasteiger partial charge >= 0.3 is 0 Å². The molecular weight excluding hydrogens is 490 g/mol. The zero-order valence-corrected chi connectivity index (χ0v) is 21.1. The largest absolute Gasteiger partial charge is 0.352 e. The van der Waals surface area contributed by atoms with Crippen LogP contribution >= 0.6 is 11.8 Å². The summed E-state index contributed by atoms with van der Waals surface area (Å²) in [7, 11) is 0. The summed E-state index contributed by atoms with van der Waals surface area (Å²) < 4.78 is 26.7. The van der Waals surface area contributed by atoms with E-state index < -0.39 is 0 Å². The third kappa shape index (κ3) is 6.10. The fourth-order valence-electron chi connectivity index (χ4n) is 5.04. The van der Waals surface area contributed by atoms with E-state index in [2.05, 4.69) is 5.32 Å². The number of rotatable bonds is 6. The molecule has 2 amide bonds. The van der Waals surface area contributed by atoms with Gasteiger partial charge in [-0.3, -0.25) is 9.59 Å². The molecule has 3 aromatic carbocycles. The highest BCUT2D eigenvalue weighted by Gasteiger charge is 2.44. The molecule has 7 heteroatoms. The van der Waals surface area contributed by atoms with Crippen molar-refractivity contribution in [2.45, 2.75) is 43.6 Å². The first-order valence-corrected chi connectivity index (χ1v) is 13.4. The number of nitrogens with zero attached hydrogens (tertiary/aromatic N) is 1. The first-order valence-electron chi connectivity index (χ1n) is 12.5. The Morgan fingerprint density at radius 2 is 1.57 bits per heavy atom. The fraction of sp³-hybridized carbons (Fsp3) is 0.267. The quantitative estimate of drug-likeness (QED) is 0.411. The average Bonchev–Trinajstić information content (AvgIpc) is 2.92. The minimum Gasteiger partial charge on any atom is -0.352 e. The van der Waals surface area contributed by atoms with Crippen molar-refractivity contribution in [3.8, 4) is 0 Å². The number of halogens is 2. The van der Waals surface area contributed by atoms with Crippen molar-refractivity contribution in [1.82, 2.24) is 10.2 Å². The summed E-state index contributed by atoms with van der Waals surface area (Å²) in [5, 5.41) is 3.16. The fourth-order valence-corrected chi connectivity index (χ4v) is 6.45. The third-order valence-electron chi connectivity index (χ3n) is 7.02. The van der Waals surface area contributed by atoms with E-state index in [1.165, 1.54) is 24.3 Å². The Labute approximate surface area is 219 Å². The zero-order valence-electron chi connectivity index (χ0n) is 20.3. The molecular formula is C30H28F2N2O2S. The Morgan fingerprint density at radius 3 is 2.24 bits per heavy atom. The first kappa shape index (κ1) is 25.2. The Kier molecular flexibility index (Phi) is 7.70.